The fourth-order valence-electron chi connectivity index (χ4n) is 1.01. The van der Waals surface area contributed by atoms with Gasteiger partial charge in [-0.15, -0.1) is 0 Å². The molecule has 0 saturated carbocycles. The summed E-state index contributed by atoms with van der Waals surface area (Å²) in [5.41, 5.74) is -0.143. The molecule has 1 aromatic heterocycles. The Morgan fingerprint density at radius 2 is 2.25 bits per heavy atom. The van der Waals surface area contributed by atoms with E-state index in [2.05, 4.69) is 4.98 Å². The monoisotopic (exact) mass is 358 g/mol. The average Bonchev–Trinajstić information content (AvgIpc) is 2.28. The number of rotatable bonds is 6. The molecule has 16 heavy (non-hydrogen) atoms. The predicted octanol–water partition coefficient (Wildman–Crippen LogP) is 1.16. The second-order valence-electron chi connectivity index (χ2n) is 2.95. The van der Waals surface area contributed by atoms with Crippen molar-refractivity contribution in [2.24, 2.45) is 0 Å². The van der Waals surface area contributed by atoms with Crippen LogP contribution in [0.25, 0.3) is 0 Å². The van der Waals surface area contributed by atoms with Gasteiger partial charge in [-0.3, -0.25) is 9.36 Å². The molecule has 0 spiro atoms. The normalized spacial score (nSPS) is 10.7. The van der Waals surface area contributed by atoms with Crippen LogP contribution in [-0.2, 0) is 16.0 Å². The molecular weight excluding hydrogens is 346 g/mol. The maximum Gasteiger partial charge on any atom is 0.268 e. The zero-order chi connectivity index (χ0) is 12.0. The summed E-state index contributed by atoms with van der Waals surface area (Å²) >= 11 is 7.59. The first kappa shape index (κ1) is 13.9. The van der Waals surface area contributed by atoms with E-state index in [-0.39, 0.29) is 10.7 Å². The van der Waals surface area contributed by atoms with Crippen LogP contribution in [0.2, 0.25) is 5.15 Å². The first-order chi connectivity index (χ1) is 7.66. The van der Waals surface area contributed by atoms with Gasteiger partial charge in [0.25, 0.3) is 5.56 Å². The Bertz CT molecular complexity index is 397. The van der Waals surface area contributed by atoms with Gasteiger partial charge in [-0.1, -0.05) is 11.6 Å². The summed E-state index contributed by atoms with van der Waals surface area (Å²) in [6, 6.07) is 0. The third-order valence-electron chi connectivity index (χ3n) is 1.85. The molecule has 0 unspecified atom stereocenters. The number of hydrogen-bond donors (Lipinski definition) is 0. The zero-order valence-electron chi connectivity index (χ0n) is 8.78. The molecule has 1 rings (SSSR count). The summed E-state index contributed by atoms with van der Waals surface area (Å²) in [6.07, 6.45) is 1.42. The van der Waals surface area contributed by atoms with Gasteiger partial charge in [-0.2, -0.15) is 0 Å². The molecule has 0 aliphatic heterocycles. The maximum atomic E-state index is 11.7. The van der Waals surface area contributed by atoms with Gasteiger partial charge in [-0.05, 0) is 22.6 Å². The molecule has 0 aliphatic rings. The lowest BCUT2D eigenvalue weighted by Gasteiger charge is -2.06. The van der Waals surface area contributed by atoms with Gasteiger partial charge in [0.1, 0.15) is 8.72 Å². The SMILES string of the molecule is COCCOCCn1cnc(Cl)c(I)c1=O. The molecule has 0 amide bonds. The maximum absolute atomic E-state index is 11.7. The van der Waals surface area contributed by atoms with Gasteiger partial charge in [-0.25, -0.2) is 4.98 Å². The van der Waals surface area contributed by atoms with E-state index in [1.807, 2.05) is 22.6 Å². The number of ether oxygens (including phenoxy) is 2. The van der Waals surface area contributed by atoms with Crippen molar-refractivity contribution in [1.82, 2.24) is 9.55 Å². The molecule has 0 aliphatic carbocycles. The third kappa shape index (κ3) is 4.00. The number of methoxy groups -OCH3 is 1. The highest BCUT2D eigenvalue weighted by Gasteiger charge is 2.06. The molecule has 0 bridgehead atoms. The summed E-state index contributed by atoms with van der Waals surface area (Å²) in [4.78, 5) is 15.6. The van der Waals surface area contributed by atoms with Crippen LogP contribution >= 0.6 is 34.2 Å². The van der Waals surface area contributed by atoms with Gasteiger partial charge < -0.3 is 9.47 Å². The highest BCUT2D eigenvalue weighted by atomic mass is 127. The van der Waals surface area contributed by atoms with Crippen molar-refractivity contribution < 1.29 is 9.47 Å². The summed E-state index contributed by atoms with van der Waals surface area (Å²) in [5, 5.41) is 0.238. The molecule has 5 nitrogen and oxygen atoms in total. The minimum atomic E-state index is -0.143. The molecule has 7 heteroatoms. The van der Waals surface area contributed by atoms with E-state index in [0.717, 1.165) is 0 Å². The molecule has 0 radical (unpaired) electrons. The van der Waals surface area contributed by atoms with E-state index in [1.165, 1.54) is 10.9 Å². The topological polar surface area (TPSA) is 53.4 Å². The van der Waals surface area contributed by atoms with Crippen LogP contribution in [0.3, 0.4) is 0 Å². The van der Waals surface area contributed by atoms with E-state index < -0.39 is 0 Å². The van der Waals surface area contributed by atoms with Gasteiger partial charge in [0.05, 0.1) is 32.7 Å². The van der Waals surface area contributed by atoms with E-state index in [1.54, 1.807) is 7.11 Å². The van der Waals surface area contributed by atoms with Crippen molar-refractivity contribution in [1.29, 1.82) is 0 Å². The second-order valence-corrected chi connectivity index (χ2v) is 4.39. The van der Waals surface area contributed by atoms with Crippen LogP contribution in [0.5, 0.6) is 0 Å². The molecule has 0 saturated heterocycles. The highest BCUT2D eigenvalue weighted by Crippen LogP contribution is 2.09. The van der Waals surface area contributed by atoms with Crippen LogP contribution in [0.15, 0.2) is 11.1 Å². The van der Waals surface area contributed by atoms with Crippen LogP contribution in [-0.4, -0.2) is 36.5 Å². The Morgan fingerprint density at radius 3 is 2.94 bits per heavy atom. The Hall–Kier alpha value is -0.180. The number of aromatic nitrogens is 2. The lowest BCUT2D eigenvalue weighted by molar-refractivity contribution is 0.0661. The number of nitrogens with zero attached hydrogens (tertiary/aromatic N) is 2. The molecular formula is C9H12ClIN2O3. The Labute approximate surface area is 112 Å². The Kier molecular flexibility index (Phi) is 6.25. The van der Waals surface area contributed by atoms with Crippen molar-refractivity contribution in [3.05, 3.63) is 25.4 Å². The molecule has 0 N–H and O–H groups in total. The fourth-order valence-corrected chi connectivity index (χ4v) is 1.58. The quantitative estimate of drug-likeness (QED) is 0.435. The highest BCUT2D eigenvalue weighted by molar-refractivity contribution is 14.1. The first-order valence-corrected chi connectivity index (χ1v) is 6.09. The van der Waals surface area contributed by atoms with Crippen LogP contribution in [0.4, 0.5) is 0 Å². The number of hydrogen-bond acceptors (Lipinski definition) is 4. The lowest BCUT2D eigenvalue weighted by Crippen LogP contribution is -2.25. The Balaban J connectivity index is 2.49. The van der Waals surface area contributed by atoms with Gasteiger partial charge in [0.2, 0.25) is 0 Å². The van der Waals surface area contributed by atoms with Gasteiger partial charge in [0, 0.05) is 7.11 Å². The standard InChI is InChI=1S/C9H12ClIN2O3/c1-15-4-5-16-3-2-13-6-12-8(10)7(11)9(13)14/h6H,2-5H2,1H3. The van der Waals surface area contributed by atoms with Crippen molar-refractivity contribution in [3.63, 3.8) is 0 Å². The van der Waals surface area contributed by atoms with Crippen molar-refractivity contribution >= 4 is 34.2 Å². The second kappa shape index (κ2) is 7.21. The van der Waals surface area contributed by atoms with E-state index in [0.29, 0.717) is 29.9 Å². The molecule has 0 fully saturated rings. The van der Waals surface area contributed by atoms with Crippen LogP contribution in [0.1, 0.15) is 0 Å². The van der Waals surface area contributed by atoms with Gasteiger partial charge in [0.15, 0.2) is 0 Å². The minimum absolute atomic E-state index is 0.143. The summed E-state index contributed by atoms with van der Waals surface area (Å²) in [6.45, 7) is 1.97. The van der Waals surface area contributed by atoms with Gasteiger partial charge >= 0.3 is 0 Å². The Morgan fingerprint density at radius 1 is 1.50 bits per heavy atom. The van der Waals surface area contributed by atoms with Crippen LogP contribution < -0.4 is 5.56 Å². The lowest BCUT2D eigenvalue weighted by atomic mass is 10.6. The van der Waals surface area contributed by atoms with E-state index in [9.17, 15) is 4.79 Å². The molecule has 90 valence electrons. The minimum Gasteiger partial charge on any atom is -0.382 e. The van der Waals surface area contributed by atoms with E-state index >= 15 is 0 Å². The van der Waals surface area contributed by atoms with Crippen molar-refractivity contribution in [3.8, 4) is 0 Å². The molecule has 0 atom stereocenters. The predicted molar refractivity (Wildman–Crippen MR) is 68.9 cm³/mol. The zero-order valence-corrected chi connectivity index (χ0v) is 11.7. The van der Waals surface area contributed by atoms with E-state index in [4.69, 9.17) is 21.1 Å². The average molecular weight is 359 g/mol. The largest absolute Gasteiger partial charge is 0.382 e. The summed E-state index contributed by atoms with van der Waals surface area (Å²) in [7, 11) is 1.61. The molecule has 1 aromatic rings. The first-order valence-electron chi connectivity index (χ1n) is 4.64. The van der Waals surface area contributed by atoms with Crippen LogP contribution in [0, 0.1) is 3.57 Å². The number of halogens is 2. The fraction of sp³-hybridized carbons (Fsp3) is 0.556. The third-order valence-corrected chi connectivity index (χ3v) is 3.43. The summed E-state index contributed by atoms with van der Waals surface area (Å²) in [5.74, 6) is 0. The van der Waals surface area contributed by atoms with Crippen molar-refractivity contribution in [2.75, 3.05) is 26.9 Å². The summed E-state index contributed by atoms with van der Waals surface area (Å²) < 4.78 is 12.0. The smallest absolute Gasteiger partial charge is 0.268 e. The molecule has 1 heterocycles. The van der Waals surface area contributed by atoms with Crippen molar-refractivity contribution in [2.45, 2.75) is 6.54 Å². The molecule has 0 aromatic carbocycles.